The number of amides is 1. The van der Waals surface area contributed by atoms with Crippen LogP contribution in [0.25, 0.3) is 0 Å². The van der Waals surface area contributed by atoms with E-state index < -0.39 is 5.97 Å². The Labute approximate surface area is 110 Å². The number of aromatic carboxylic acids is 1. The van der Waals surface area contributed by atoms with Crippen molar-refractivity contribution >= 4 is 11.9 Å². The van der Waals surface area contributed by atoms with Crippen molar-refractivity contribution in [3.63, 3.8) is 0 Å². The van der Waals surface area contributed by atoms with Crippen molar-refractivity contribution in [1.82, 2.24) is 10.3 Å². The average Bonchev–Trinajstić information content (AvgIpc) is 2.41. The largest absolute Gasteiger partial charge is 0.478 e. The topological polar surface area (TPSA) is 88.5 Å². The fourth-order valence-corrected chi connectivity index (χ4v) is 1.99. The smallest absolute Gasteiger partial charge is 0.337 e. The van der Waals surface area contributed by atoms with Crippen LogP contribution in [0.1, 0.15) is 34.2 Å². The summed E-state index contributed by atoms with van der Waals surface area (Å²) in [5.41, 5.74) is 0.291. The third kappa shape index (κ3) is 3.29. The van der Waals surface area contributed by atoms with E-state index in [1.54, 1.807) is 0 Å². The van der Waals surface area contributed by atoms with Gasteiger partial charge in [0.1, 0.15) is 5.69 Å². The first-order chi connectivity index (χ1) is 9.08. The number of rotatable bonds is 3. The SMILES string of the molecule is CC1COCCC1NC(=O)c1ccc(C(=O)O)cn1. The molecule has 2 rings (SSSR count). The second-order valence-corrected chi connectivity index (χ2v) is 4.66. The summed E-state index contributed by atoms with van der Waals surface area (Å²) < 4.78 is 5.31. The molecular formula is C13H16N2O4. The van der Waals surface area contributed by atoms with Crippen LogP contribution in [0.4, 0.5) is 0 Å². The zero-order valence-electron chi connectivity index (χ0n) is 10.6. The lowest BCUT2D eigenvalue weighted by Crippen LogP contribution is -2.44. The van der Waals surface area contributed by atoms with Crippen LogP contribution in [0.15, 0.2) is 18.3 Å². The molecule has 1 aromatic rings. The van der Waals surface area contributed by atoms with Gasteiger partial charge in [-0.3, -0.25) is 9.78 Å². The summed E-state index contributed by atoms with van der Waals surface area (Å²) >= 11 is 0. The number of nitrogens with one attached hydrogen (secondary N) is 1. The van der Waals surface area contributed by atoms with Gasteiger partial charge in [0.15, 0.2) is 0 Å². The Bertz CT molecular complexity index is 472. The van der Waals surface area contributed by atoms with Crippen LogP contribution in [-0.2, 0) is 4.74 Å². The number of ether oxygens (including phenoxy) is 1. The molecule has 1 aromatic heterocycles. The zero-order chi connectivity index (χ0) is 13.8. The summed E-state index contributed by atoms with van der Waals surface area (Å²) in [6, 6.07) is 2.86. The maximum Gasteiger partial charge on any atom is 0.337 e. The van der Waals surface area contributed by atoms with Crippen LogP contribution in [-0.4, -0.2) is 41.2 Å². The summed E-state index contributed by atoms with van der Waals surface area (Å²) in [5.74, 6) is -1.08. The molecule has 0 bridgehead atoms. The van der Waals surface area contributed by atoms with Gasteiger partial charge in [0, 0.05) is 18.8 Å². The molecule has 6 nitrogen and oxygen atoms in total. The van der Waals surface area contributed by atoms with Crippen LogP contribution in [0.5, 0.6) is 0 Å². The summed E-state index contributed by atoms with van der Waals surface area (Å²) in [4.78, 5) is 26.5. The molecule has 2 unspecified atom stereocenters. The van der Waals surface area contributed by atoms with E-state index in [0.717, 1.165) is 6.42 Å². The van der Waals surface area contributed by atoms with E-state index >= 15 is 0 Å². The first-order valence-electron chi connectivity index (χ1n) is 6.16. The van der Waals surface area contributed by atoms with Crippen molar-refractivity contribution in [3.05, 3.63) is 29.6 Å². The Hall–Kier alpha value is -1.95. The number of hydrogen-bond acceptors (Lipinski definition) is 4. The summed E-state index contributed by atoms with van der Waals surface area (Å²) in [7, 11) is 0. The minimum absolute atomic E-state index is 0.0657. The Morgan fingerprint density at radius 2 is 2.26 bits per heavy atom. The lowest BCUT2D eigenvalue weighted by molar-refractivity contribution is 0.0374. The van der Waals surface area contributed by atoms with Crippen molar-refractivity contribution in [2.75, 3.05) is 13.2 Å². The maximum absolute atomic E-state index is 12.0. The Kier molecular flexibility index (Phi) is 4.11. The van der Waals surface area contributed by atoms with Crippen LogP contribution >= 0.6 is 0 Å². The fourth-order valence-electron chi connectivity index (χ4n) is 1.99. The van der Waals surface area contributed by atoms with E-state index in [4.69, 9.17) is 9.84 Å². The molecular weight excluding hydrogens is 248 g/mol. The quantitative estimate of drug-likeness (QED) is 0.848. The fraction of sp³-hybridized carbons (Fsp3) is 0.462. The molecule has 2 N–H and O–H groups in total. The molecule has 6 heteroatoms. The molecule has 0 aliphatic carbocycles. The number of nitrogens with zero attached hydrogens (tertiary/aromatic N) is 1. The second kappa shape index (κ2) is 5.79. The van der Waals surface area contributed by atoms with Gasteiger partial charge >= 0.3 is 5.97 Å². The lowest BCUT2D eigenvalue weighted by Gasteiger charge is -2.29. The highest BCUT2D eigenvalue weighted by Crippen LogP contribution is 2.14. The van der Waals surface area contributed by atoms with Gasteiger partial charge in [-0.1, -0.05) is 6.92 Å². The third-order valence-corrected chi connectivity index (χ3v) is 3.20. The van der Waals surface area contributed by atoms with Crippen molar-refractivity contribution in [2.45, 2.75) is 19.4 Å². The van der Waals surface area contributed by atoms with Gasteiger partial charge in [-0.25, -0.2) is 4.79 Å². The Morgan fingerprint density at radius 3 is 2.84 bits per heavy atom. The highest BCUT2D eigenvalue weighted by atomic mass is 16.5. The molecule has 2 heterocycles. The Balaban J connectivity index is 2.01. The molecule has 1 saturated heterocycles. The van der Waals surface area contributed by atoms with Gasteiger partial charge in [-0.05, 0) is 24.5 Å². The molecule has 1 aliphatic rings. The molecule has 1 fully saturated rings. The average molecular weight is 264 g/mol. The first kappa shape index (κ1) is 13.5. The number of aromatic nitrogens is 1. The maximum atomic E-state index is 12.0. The number of hydrogen-bond donors (Lipinski definition) is 2. The van der Waals surface area contributed by atoms with E-state index in [1.165, 1.54) is 18.3 Å². The monoisotopic (exact) mass is 264 g/mol. The summed E-state index contributed by atoms with van der Waals surface area (Å²) in [5, 5.41) is 11.7. The van der Waals surface area contributed by atoms with Crippen LogP contribution in [0.3, 0.4) is 0 Å². The molecule has 1 aliphatic heterocycles. The second-order valence-electron chi connectivity index (χ2n) is 4.66. The van der Waals surface area contributed by atoms with Crippen molar-refractivity contribution in [1.29, 1.82) is 0 Å². The van der Waals surface area contributed by atoms with Gasteiger partial charge in [0.2, 0.25) is 0 Å². The predicted molar refractivity (Wildman–Crippen MR) is 67.1 cm³/mol. The van der Waals surface area contributed by atoms with E-state index in [2.05, 4.69) is 10.3 Å². The van der Waals surface area contributed by atoms with E-state index in [1.807, 2.05) is 6.92 Å². The highest BCUT2D eigenvalue weighted by Gasteiger charge is 2.24. The van der Waals surface area contributed by atoms with E-state index in [0.29, 0.717) is 13.2 Å². The minimum atomic E-state index is -1.06. The highest BCUT2D eigenvalue weighted by molar-refractivity contribution is 5.93. The Morgan fingerprint density at radius 1 is 1.47 bits per heavy atom. The number of carbonyl (C=O) groups excluding carboxylic acids is 1. The van der Waals surface area contributed by atoms with Crippen molar-refractivity contribution in [2.24, 2.45) is 5.92 Å². The van der Waals surface area contributed by atoms with Crippen LogP contribution in [0.2, 0.25) is 0 Å². The zero-order valence-corrected chi connectivity index (χ0v) is 10.6. The lowest BCUT2D eigenvalue weighted by atomic mass is 9.98. The molecule has 0 radical (unpaired) electrons. The number of carboxylic acid groups (broad SMARTS) is 1. The predicted octanol–water partition coefficient (Wildman–Crippen LogP) is 0.935. The van der Waals surface area contributed by atoms with Gasteiger partial charge in [0.05, 0.1) is 12.2 Å². The van der Waals surface area contributed by atoms with Gasteiger partial charge in [-0.2, -0.15) is 0 Å². The van der Waals surface area contributed by atoms with Gasteiger partial charge in [0.25, 0.3) is 5.91 Å². The third-order valence-electron chi connectivity index (χ3n) is 3.20. The first-order valence-corrected chi connectivity index (χ1v) is 6.16. The van der Waals surface area contributed by atoms with Crippen LogP contribution in [0, 0.1) is 5.92 Å². The van der Waals surface area contributed by atoms with E-state index in [9.17, 15) is 9.59 Å². The van der Waals surface area contributed by atoms with Crippen LogP contribution < -0.4 is 5.32 Å². The molecule has 1 amide bonds. The van der Waals surface area contributed by atoms with Gasteiger partial charge < -0.3 is 15.2 Å². The van der Waals surface area contributed by atoms with Crippen molar-refractivity contribution < 1.29 is 19.4 Å². The molecule has 19 heavy (non-hydrogen) atoms. The van der Waals surface area contributed by atoms with E-state index in [-0.39, 0.29) is 29.1 Å². The number of carboxylic acids is 1. The molecule has 0 spiro atoms. The number of pyridine rings is 1. The molecule has 2 atom stereocenters. The molecule has 0 aromatic carbocycles. The molecule has 0 saturated carbocycles. The normalized spacial score (nSPS) is 22.8. The summed E-state index contributed by atoms with van der Waals surface area (Å²) in [6.45, 7) is 3.29. The summed E-state index contributed by atoms with van der Waals surface area (Å²) in [6.07, 6.45) is 1.96. The number of carbonyl (C=O) groups is 2. The molecule has 102 valence electrons. The minimum Gasteiger partial charge on any atom is -0.478 e. The standard InChI is InChI=1S/C13H16N2O4/c1-8-7-19-5-4-10(8)15-12(16)11-3-2-9(6-14-11)13(17)18/h2-3,6,8,10H,4-5,7H2,1H3,(H,15,16)(H,17,18). The van der Waals surface area contributed by atoms with Gasteiger partial charge in [-0.15, -0.1) is 0 Å². The van der Waals surface area contributed by atoms with Crippen molar-refractivity contribution in [3.8, 4) is 0 Å².